The van der Waals surface area contributed by atoms with Gasteiger partial charge in [0.1, 0.15) is 6.61 Å². The maximum Gasteiger partial charge on any atom is 0.338 e. The number of oxime groups is 1. The zero-order valence-corrected chi connectivity index (χ0v) is 13.5. The molecule has 2 rings (SSSR count). The first kappa shape index (κ1) is 18.6. The summed E-state index contributed by atoms with van der Waals surface area (Å²) in [6, 6.07) is 17.3. The summed E-state index contributed by atoms with van der Waals surface area (Å²) in [7, 11) is 0. The van der Waals surface area contributed by atoms with Crippen molar-refractivity contribution in [2.24, 2.45) is 5.16 Å². The number of alkyl halides is 1. The highest BCUT2D eigenvalue weighted by Crippen LogP contribution is 2.12. The summed E-state index contributed by atoms with van der Waals surface area (Å²) >= 11 is 0. The fourth-order valence-electron chi connectivity index (χ4n) is 1.99. The molecule has 0 spiro atoms. The molecule has 0 saturated heterocycles. The highest BCUT2D eigenvalue weighted by molar-refractivity contribution is 5.89. The Morgan fingerprint density at radius 3 is 2.36 bits per heavy atom. The first-order chi connectivity index (χ1) is 12.1. The molecule has 0 aromatic heterocycles. The molecule has 0 fully saturated rings. The van der Waals surface area contributed by atoms with E-state index in [-0.39, 0.29) is 12.2 Å². The molecule has 25 heavy (non-hydrogen) atoms. The largest absolute Gasteiger partial charge is 0.452 e. The minimum Gasteiger partial charge on any atom is -0.452 e. The first-order valence-electron chi connectivity index (χ1n) is 7.68. The minimum absolute atomic E-state index is 0.172. The third-order valence-electron chi connectivity index (χ3n) is 3.30. The lowest BCUT2D eigenvalue weighted by atomic mass is 10.1. The van der Waals surface area contributed by atoms with Gasteiger partial charge in [-0.25, -0.2) is 9.18 Å². The van der Waals surface area contributed by atoms with E-state index < -0.39 is 24.3 Å². The Hall–Kier alpha value is -2.73. The van der Waals surface area contributed by atoms with Crippen molar-refractivity contribution in [1.82, 2.24) is 0 Å². The average molecular weight is 344 g/mol. The summed E-state index contributed by atoms with van der Waals surface area (Å²) in [5.74, 6) is -0.755. The molecular formula is C19H19FNO4. The first-order valence-corrected chi connectivity index (χ1v) is 7.68. The van der Waals surface area contributed by atoms with Crippen LogP contribution in [0, 0.1) is 6.92 Å². The molecule has 2 aromatic rings. The predicted octanol–water partition coefficient (Wildman–Crippen LogP) is 2.95. The third kappa shape index (κ3) is 6.00. The van der Waals surface area contributed by atoms with Gasteiger partial charge in [-0.3, -0.25) is 0 Å². The summed E-state index contributed by atoms with van der Waals surface area (Å²) in [4.78, 5) is 17.0. The molecule has 0 heterocycles. The second-order valence-corrected chi connectivity index (χ2v) is 5.26. The number of hydrogen-bond donors (Lipinski definition) is 1. The summed E-state index contributed by atoms with van der Waals surface area (Å²) in [6.07, 6.45) is -3.98. The molecule has 6 heteroatoms. The van der Waals surface area contributed by atoms with Gasteiger partial charge in [-0.15, -0.1) is 0 Å². The molecular weight excluding hydrogens is 325 g/mol. The topological polar surface area (TPSA) is 68.1 Å². The summed E-state index contributed by atoms with van der Waals surface area (Å²) in [5.41, 5.74) is 1.12. The Bertz CT molecular complexity index is 676. The standard InChI is InChI=1S/C19H19FNO4/c1-14(22)18(25-19(23)16-10-6-3-7-11-16)17(20)12-21-24-13-15-8-4-2-5-9-15/h2-12,14,17-18,22H,1,13H2/b21-12+/t14-,17-,18-/m1/s1. The van der Waals surface area contributed by atoms with Gasteiger partial charge in [-0.2, -0.15) is 0 Å². The highest BCUT2D eigenvalue weighted by Gasteiger charge is 2.29. The summed E-state index contributed by atoms with van der Waals surface area (Å²) < 4.78 is 19.2. The number of halogens is 1. The van der Waals surface area contributed by atoms with E-state index >= 15 is 0 Å². The lowest BCUT2D eigenvalue weighted by molar-refractivity contribution is -0.0234. The maximum atomic E-state index is 14.2. The van der Waals surface area contributed by atoms with Crippen molar-refractivity contribution < 1.29 is 23.9 Å². The monoisotopic (exact) mass is 344 g/mol. The van der Waals surface area contributed by atoms with Gasteiger partial charge in [0.2, 0.25) is 0 Å². The molecule has 0 unspecified atom stereocenters. The van der Waals surface area contributed by atoms with E-state index in [0.29, 0.717) is 0 Å². The van der Waals surface area contributed by atoms with Crippen molar-refractivity contribution in [3.63, 3.8) is 0 Å². The normalized spacial score (nSPS) is 14.7. The SMILES string of the molecule is [CH2][C@@H](O)[C@@H](OC(=O)c1ccccc1)[C@H](F)/C=N/OCc1ccccc1. The molecule has 1 N–H and O–H groups in total. The quantitative estimate of drug-likeness (QED) is 0.454. The Morgan fingerprint density at radius 2 is 1.76 bits per heavy atom. The van der Waals surface area contributed by atoms with E-state index in [0.717, 1.165) is 11.8 Å². The number of ether oxygens (including phenoxy) is 1. The fourth-order valence-corrected chi connectivity index (χ4v) is 1.99. The molecule has 131 valence electrons. The van der Waals surface area contributed by atoms with Gasteiger partial charge in [0.05, 0.1) is 17.9 Å². The van der Waals surface area contributed by atoms with Crippen LogP contribution in [0.5, 0.6) is 0 Å². The van der Waals surface area contributed by atoms with E-state index in [1.54, 1.807) is 18.2 Å². The highest BCUT2D eigenvalue weighted by atomic mass is 19.1. The van der Waals surface area contributed by atoms with Crippen molar-refractivity contribution in [2.75, 3.05) is 0 Å². The molecule has 5 nitrogen and oxygen atoms in total. The number of esters is 1. The van der Waals surface area contributed by atoms with Crippen molar-refractivity contribution in [3.05, 3.63) is 78.7 Å². The molecule has 0 saturated carbocycles. The van der Waals surface area contributed by atoms with E-state index in [2.05, 4.69) is 12.1 Å². The van der Waals surface area contributed by atoms with E-state index in [4.69, 9.17) is 9.57 Å². The zero-order chi connectivity index (χ0) is 18.1. The van der Waals surface area contributed by atoms with Gasteiger partial charge in [0, 0.05) is 0 Å². The second-order valence-electron chi connectivity index (χ2n) is 5.26. The number of rotatable bonds is 8. The molecule has 2 aromatic carbocycles. The lowest BCUT2D eigenvalue weighted by Crippen LogP contribution is -2.38. The van der Waals surface area contributed by atoms with E-state index in [1.165, 1.54) is 12.1 Å². The molecule has 1 radical (unpaired) electrons. The Balaban J connectivity index is 1.90. The van der Waals surface area contributed by atoms with Crippen LogP contribution in [0.2, 0.25) is 0 Å². The number of aliphatic hydroxyl groups excluding tert-OH is 1. The van der Waals surface area contributed by atoms with Gasteiger partial charge in [-0.1, -0.05) is 53.7 Å². The molecule has 0 amide bonds. The van der Waals surface area contributed by atoms with Gasteiger partial charge in [0.25, 0.3) is 0 Å². The fraction of sp³-hybridized carbons (Fsp3) is 0.211. The molecule has 3 atom stereocenters. The van der Waals surface area contributed by atoms with Crippen molar-refractivity contribution >= 4 is 12.2 Å². The van der Waals surface area contributed by atoms with Crippen LogP contribution < -0.4 is 0 Å². The van der Waals surface area contributed by atoms with Gasteiger partial charge in [-0.05, 0) is 24.6 Å². The lowest BCUT2D eigenvalue weighted by Gasteiger charge is -2.21. The minimum atomic E-state index is -1.86. The van der Waals surface area contributed by atoms with Crippen molar-refractivity contribution in [3.8, 4) is 0 Å². The third-order valence-corrected chi connectivity index (χ3v) is 3.30. The van der Waals surface area contributed by atoms with Crippen LogP contribution >= 0.6 is 0 Å². The number of aliphatic hydroxyl groups is 1. The average Bonchev–Trinajstić information content (AvgIpc) is 2.64. The van der Waals surface area contributed by atoms with Crippen LogP contribution in [-0.4, -0.2) is 35.7 Å². The van der Waals surface area contributed by atoms with Crippen molar-refractivity contribution in [1.29, 1.82) is 0 Å². The predicted molar refractivity (Wildman–Crippen MR) is 91.6 cm³/mol. The molecule has 0 bridgehead atoms. The number of hydrogen-bond acceptors (Lipinski definition) is 5. The molecule has 0 aliphatic heterocycles. The van der Waals surface area contributed by atoms with E-state index in [1.807, 2.05) is 30.3 Å². The Labute approximate surface area is 145 Å². The van der Waals surface area contributed by atoms with Gasteiger partial charge < -0.3 is 14.7 Å². The number of carbonyl (C=O) groups is 1. The molecule has 0 aliphatic carbocycles. The van der Waals surface area contributed by atoms with Crippen molar-refractivity contribution in [2.45, 2.75) is 25.0 Å². The Morgan fingerprint density at radius 1 is 1.16 bits per heavy atom. The Kier molecular flexibility index (Phi) is 7.10. The van der Waals surface area contributed by atoms with Crippen LogP contribution in [0.15, 0.2) is 65.8 Å². The van der Waals surface area contributed by atoms with Crippen LogP contribution in [0.4, 0.5) is 4.39 Å². The summed E-state index contributed by atoms with van der Waals surface area (Å²) in [5, 5.41) is 13.1. The van der Waals surface area contributed by atoms with Crippen LogP contribution in [0.25, 0.3) is 0 Å². The molecule has 0 aliphatic rings. The maximum absolute atomic E-state index is 14.2. The van der Waals surface area contributed by atoms with Crippen LogP contribution in [0.1, 0.15) is 15.9 Å². The van der Waals surface area contributed by atoms with E-state index in [9.17, 15) is 14.3 Å². The zero-order valence-electron chi connectivity index (χ0n) is 13.5. The number of benzene rings is 2. The van der Waals surface area contributed by atoms with Crippen LogP contribution in [-0.2, 0) is 16.2 Å². The number of carbonyl (C=O) groups excluding carboxylic acids is 1. The number of nitrogens with zero attached hydrogens (tertiary/aromatic N) is 1. The van der Waals surface area contributed by atoms with Crippen LogP contribution in [0.3, 0.4) is 0 Å². The summed E-state index contributed by atoms with van der Waals surface area (Å²) in [6.45, 7) is 3.49. The second kappa shape index (κ2) is 9.54. The van der Waals surface area contributed by atoms with Gasteiger partial charge in [0.15, 0.2) is 12.3 Å². The van der Waals surface area contributed by atoms with Gasteiger partial charge >= 0.3 is 5.97 Å². The smallest absolute Gasteiger partial charge is 0.338 e.